The first-order valence-corrected chi connectivity index (χ1v) is 8.35. The monoisotopic (exact) mass is 363 g/mol. The number of nitrogens with one attached hydrogen (secondary N) is 1. The molecule has 1 rings (SSSR count). The van der Waals surface area contributed by atoms with Gasteiger partial charge in [0.25, 0.3) is 0 Å². The second-order valence-corrected chi connectivity index (χ2v) is 7.05. The number of amides is 1. The van der Waals surface area contributed by atoms with Gasteiger partial charge < -0.3 is 11.5 Å². The van der Waals surface area contributed by atoms with Crippen molar-refractivity contribution in [2.75, 3.05) is 12.3 Å². The largest absolute Gasteiger partial charge is 0.398 e. The van der Waals surface area contributed by atoms with Gasteiger partial charge in [-0.3, -0.25) is 4.79 Å². The van der Waals surface area contributed by atoms with Crippen molar-refractivity contribution in [1.82, 2.24) is 4.72 Å². The summed E-state index contributed by atoms with van der Waals surface area (Å²) in [5.74, 6) is -0.385. The Morgan fingerprint density at radius 1 is 1.35 bits per heavy atom. The van der Waals surface area contributed by atoms with E-state index < -0.39 is 10.0 Å². The molecule has 0 atom stereocenters. The molecule has 1 aromatic carbocycles. The lowest BCUT2D eigenvalue weighted by atomic mass is 10.2. The van der Waals surface area contributed by atoms with Gasteiger partial charge in [-0.05, 0) is 53.4 Å². The van der Waals surface area contributed by atoms with Crippen molar-refractivity contribution >= 4 is 37.5 Å². The second-order valence-electron chi connectivity index (χ2n) is 4.46. The second kappa shape index (κ2) is 7.05. The predicted octanol–water partition coefficient (Wildman–Crippen LogP) is 1.27. The van der Waals surface area contributed by atoms with Crippen LogP contribution in [0.2, 0.25) is 0 Å². The van der Waals surface area contributed by atoms with Crippen LogP contribution in [-0.2, 0) is 14.8 Å². The lowest BCUT2D eigenvalue weighted by molar-refractivity contribution is -0.118. The van der Waals surface area contributed by atoms with Crippen LogP contribution in [0.4, 0.5) is 5.69 Å². The highest BCUT2D eigenvalue weighted by molar-refractivity contribution is 9.10. The molecule has 8 heteroatoms. The van der Waals surface area contributed by atoms with Crippen LogP contribution < -0.4 is 16.2 Å². The van der Waals surface area contributed by atoms with E-state index in [9.17, 15) is 13.2 Å². The van der Waals surface area contributed by atoms with E-state index in [1.165, 1.54) is 6.07 Å². The molecule has 0 fully saturated rings. The zero-order valence-corrected chi connectivity index (χ0v) is 13.6. The van der Waals surface area contributed by atoms with Crippen LogP contribution in [0.1, 0.15) is 24.8 Å². The molecule has 0 aliphatic heterocycles. The van der Waals surface area contributed by atoms with E-state index in [-0.39, 0.29) is 23.8 Å². The summed E-state index contributed by atoms with van der Waals surface area (Å²) in [5, 5.41) is 0. The molecule has 0 saturated heterocycles. The number of nitrogens with two attached hydrogens (primary N) is 2. The Morgan fingerprint density at radius 3 is 2.60 bits per heavy atom. The van der Waals surface area contributed by atoms with Crippen molar-refractivity contribution in [3.8, 4) is 0 Å². The molecule has 0 saturated carbocycles. The molecule has 0 radical (unpaired) electrons. The zero-order chi connectivity index (χ0) is 15.3. The van der Waals surface area contributed by atoms with Crippen LogP contribution in [0, 0.1) is 6.92 Å². The van der Waals surface area contributed by atoms with Crippen LogP contribution >= 0.6 is 15.9 Å². The molecule has 0 spiro atoms. The Hall–Kier alpha value is -1.12. The molecule has 6 nitrogen and oxygen atoms in total. The minimum Gasteiger partial charge on any atom is -0.398 e. The third-order valence-electron chi connectivity index (χ3n) is 2.73. The highest BCUT2D eigenvalue weighted by Gasteiger charge is 2.17. The summed E-state index contributed by atoms with van der Waals surface area (Å²) in [5.41, 5.74) is 11.7. The number of hydrogen-bond acceptors (Lipinski definition) is 4. The highest BCUT2D eigenvalue weighted by Crippen LogP contribution is 2.26. The molecule has 0 aliphatic carbocycles. The molecular formula is C12H18BrN3O3S. The molecule has 20 heavy (non-hydrogen) atoms. The standard InChI is InChI=1S/C12H18BrN3O3S/c1-8-6-9(13)10(14)7-11(8)20(18,19)16-5-3-2-4-12(15)17/h6-7,16H,2-5,14H2,1H3,(H2,15,17). The summed E-state index contributed by atoms with van der Waals surface area (Å²) < 4.78 is 27.4. The van der Waals surface area contributed by atoms with E-state index in [4.69, 9.17) is 11.5 Å². The van der Waals surface area contributed by atoms with E-state index in [0.717, 1.165) is 0 Å². The SMILES string of the molecule is Cc1cc(Br)c(N)cc1S(=O)(=O)NCCCCC(N)=O. The number of aryl methyl sites for hydroxylation is 1. The van der Waals surface area contributed by atoms with Crippen molar-refractivity contribution in [3.63, 3.8) is 0 Å². The predicted molar refractivity (Wildman–Crippen MR) is 81.5 cm³/mol. The number of sulfonamides is 1. The number of rotatable bonds is 7. The highest BCUT2D eigenvalue weighted by atomic mass is 79.9. The summed E-state index contributed by atoms with van der Waals surface area (Å²) in [6, 6.07) is 3.09. The van der Waals surface area contributed by atoms with E-state index >= 15 is 0 Å². The van der Waals surface area contributed by atoms with Crippen molar-refractivity contribution in [3.05, 3.63) is 22.2 Å². The first kappa shape index (κ1) is 16.9. The van der Waals surface area contributed by atoms with Gasteiger partial charge in [-0.15, -0.1) is 0 Å². The maximum atomic E-state index is 12.1. The van der Waals surface area contributed by atoms with Crippen LogP contribution in [0.25, 0.3) is 0 Å². The summed E-state index contributed by atoms with van der Waals surface area (Å²) in [4.78, 5) is 10.7. The molecule has 1 aromatic rings. The molecular weight excluding hydrogens is 346 g/mol. The fraction of sp³-hybridized carbons (Fsp3) is 0.417. The summed E-state index contributed by atoms with van der Waals surface area (Å²) in [6.45, 7) is 1.96. The average Bonchev–Trinajstić information content (AvgIpc) is 2.32. The van der Waals surface area contributed by atoms with Crippen molar-refractivity contribution in [1.29, 1.82) is 0 Å². The average molecular weight is 364 g/mol. The minimum absolute atomic E-state index is 0.160. The van der Waals surface area contributed by atoms with Gasteiger partial charge >= 0.3 is 0 Å². The van der Waals surface area contributed by atoms with Crippen LogP contribution in [0.15, 0.2) is 21.5 Å². The molecule has 0 aliphatic rings. The van der Waals surface area contributed by atoms with Crippen LogP contribution in [0.3, 0.4) is 0 Å². The van der Waals surface area contributed by atoms with Gasteiger partial charge in [-0.1, -0.05) is 0 Å². The molecule has 5 N–H and O–H groups in total. The van der Waals surface area contributed by atoms with E-state index in [0.29, 0.717) is 28.6 Å². The van der Waals surface area contributed by atoms with Gasteiger partial charge in [-0.2, -0.15) is 0 Å². The number of halogens is 1. The first-order chi connectivity index (χ1) is 9.24. The van der Waals surface area contributed by atoms with Crippen molar-refractivity contribution in [2.24, 2.45) is 5.73 Å². The number of primary amides is 1. The summed E-state index contributed by atoms with van der Waals surface area (Å²) in [7, 11) is -3.60. The zero-order valence-electron chi connectivity index (χ0n) is 11.1. The Balaban J connectivity index is 2.70. The van der Waals surface area contributed by atoms with Gasteiger partial charge in [0.2, 0.25) is 15.9 Å². The molecule has 1 amide bonds. The van der Waals surface area contributed by atoms with Crippen LogP contribution in [0.5, 0.6) is 0 Å². The van der Waals surface area contributed by atoms with Gasteiger partial charge in [0.15, 0.2) is 0 Å². The number of carbonyl (C=O) groups excluding carboxylic acids is 1. The quantitative estimate of drug-likeness (QED) is 0.499. The maximum absolute atomic E-state index is 12.1. The van der Waals surface area contributed by atoms with Gasteiger partial charge in [0.1, 0.15) is 0 Å². The van der Waals surface area contributed by atoms with E-state index in [1.807, 2.05) is 0 Å². The van der Waals surface area contributed by atoms with Gasteiger partial charge in [0, 0.05) is 23.1 Å². The summed E-state index contributed by atoms with van der Waals surface area (Å²) >= 11 is 3.25. The Morgan fingerprint density at radius 2 is 2.00 bits per heavy atom. The van der Waals surface area contributed by atoms with Crippen molar-refractivity contribution < 1.29 is 13.2 Å². The Bertz CT molecular complexity index is 602. The number of nitrogen functional groups attached to an aromatic ring is 1. The fourth-order valence-corrected chi connectivity index (χ4v) is 3.46. The van der Waals surface area contributed by atoms with Crippen LogP contribution in [-0.4, -0.2) is 20.9 Å². The van der Waals surface area contributed by atoms with Gasteiger partial charge in [0.05, 0.1) is 4.90 Å². The normalized spacial score (nSPS) is 11.5. The summed E-state index contributed by atoms with van der Waals surface area (Å²) in [6.07, 6.45) is 1.36. The Labute approximate surface area is 127 Å². The third kappa shape index (κ3) is 4.77. The maximum Gasteiger partial charge on any atom is 0.240 e. The lowest BCUT2D eigenvalue weighted by Crippen LogP contribution is -2.26. The molecule has 0 bridgehead atoms. The molecule has 0 unspecified atom stereocenters. The van der Waals surface area contributed by atoms with Crippen molar-refractivity contribution in [2.45, 2.75) is 31.1 Å². The topological polar surface area (TPSA) is 115 Å². The van der Waals surface area contributed by atoms with Gasteiger partial charge in [-0.25, -0.2) is 13.1 Å². The number of benzene rings is 1. The molecule has 112 valence electrons. The lowest BCUT2D eigenvalue weighted by Gasteiger charge is -2.11. The number of unbranched alkanes of at least 4 members (excludes halogenated alkanes) is 1. The first-order valence-electron chi connectivity index (χ1n) is 6.07. The fourth-order valence-electron chi connectivity index (χ4n) is 1.67. The number of anilines is 1. The number of hydrogen-bond donors (Lipinski definition) is 3. The van der Waals surface area contributed by atoms with E-state index in [2.05, 4.69) is 20.7 Å². The van der Waals surface area contributed by atoms with E-state index in [1.54, 1.807) is 13.0 Å². The third-order valence-corrected chi connectivity index (χ3v) is 5.02. The molecule has 0 aromatic heterocycles. The minimum atomic E-state index is -3.60. The molecule has 0 heterocycles. The number of carbonyl (C=O) groups is 1. The Kier molecular flexibility index (Phi) is 5.97. The smallest absolute Gasteiger partial charge is 0.240 e.